The van der Waals surface area contributed by atoms with Gasteiger partial charge in [-0.2, -0.15) is 0 Å². The highest BCUT2D eigenvalue weighted by molar-refractivity contribution is 7.80. The first-order valence-electron chi connectivity index (χ1n) is 7.30. The molecule has 0 bridgehead atoms. The van der Waals surface area contributed by atoms with Gasteiger partial charge in [0, 0.05) is 0 Å². The lowest BCUT2D eigenvalue weighted by molar-refractivity contribution is -0.113. The van der Waals surface area contributed by atoms with Gasteiger partial charge in [-0.1, -0.05) is 12.1 Å². The van der Waals surface area contributed by atoms with Gasteiger partial charge in [0.15, 0.2) is 5.11 Å². The maximum atomic E-state index is 14.0. The highest BCUT2D eigenvalue weighted by Crippen LogP contribution is 2.27. The lowest BCUT2D eigenvalue weighted by Gasteiger charge is -2.14. The van der Waals surface area contributed by atoms with Crippen molar-refractivity contribution < 1.29 is 14.3 Å². The number of aromatic hydroxyl groups is 1. The van der Waals surface area contributed by atoms with E-state index in [-0.39, 0.29) is 22.2 Å². The molecule has 0 aliphatic carbocycles. The van der Waals surface area contributed by atoms with Gasteiger partial charge in [-0.3, -0.25) is 4.79 Å². The van der Waals surface area contributed by atoms with E-state index >= 15 is 0 Å². The van der Waals surface area contributed by atoms with Crippen molar-refractivity contribution in [3.63, 3.8) is 0 Å². The van der Waals surface area contributed by atoms with Gasteiger partial charge in [-0.25, -0.2) is 9.29 Å². The number of nitrogens with zero attached hydrogens (tertiary/aromatic N) is 1. The second kappa shape index (κ2) is 6.05. The molecular formula is C18H15FN2O2S. The Bertz CT molecular complexity index is 869. The first-order chi connectivity index (χ1) is 11.4. The Morgan fingerprint density at radius 2 is 1.83 bits per heavy atom. The fourth-order valence-corrected chi connectivity index (χ4v) is 2.92. The van der Waals surface area contributed by atoms with Crippen molar-refractivity contribution in [1.82, 2.24) is 5.32 Å². The summed E-state index contributed by atoms with van der Waals surface area (Å²) in [5.74, 6) is -0.715. The molecule has 4 nitrogen and oxygen atoms in total. The Kier molecular flexibility index (Phi) is 4.07. The smallest absolute Gasteiger partial charge is 0.281 e. The molecule has 6 heteroatoms. The van der Waals surface area contributed by atoms with Crippen LogP contribution in [0.1, 0.15) is 16.7 Å². The van der Waals surface area contributed by atoms with Crippen LogP contribution in [0.2, 0.25) is 0 Å². The molecule has 0 spiro atoms. The summed E-state index contributed by atoms with van der Waals surface area (Å²) in [6, 6.07) is 9.49. The number of thiocarbonyl (C=S) groups is 1. The van der Waals surface area contributed by atoms with Gasteiger partial charge in [0.2, 0.25) is 0 Å². The van der Waals surface area contributed by atoms with Crippen molar-refractivity contribution in [3.8, 4) is 5.75 Å². The second-order valence-electron chi connectivity index (χ2n) is 5.58. The minimum absolute atomic E-state index is 0.112. The van der Waals surface area contributed by atoms with E-state index in [1.165, 1.54) is 12.1 Å². The monoisotopic (exact) mass is 342 g/mol. The average Bonchev–Trinajstić information content (AvgIpc) is 2.80. The molecule has 1 fully saturated rings. The molecule has 2 N–H and O–H groups in total. The minimum Gasteiger partial charge on any atom is -0.507 e. The summed E-state index contributed by atoms with van der Waals surface area (Å²) >= 11 is 5.17. The third-order valence-electron chi connectivity index (χ3n) is 3.80. The third kappa shape index (κ3) is 2.76. The van der Waals surface area contributed by atoms with Crippen LogP contribution in [0.25, 0.3) is 6.08 Å². The molecule has 1 aliphatic rings. The SMILES string of the molecule is Cc1cc(C=C2NC(=S)N(c3ccccc3F)C2=O)cc(C)c1O. The standard InChI is InChI=1S/C18H15FN2O2S/c1-10-7-12(8-11(2)16(10)22)9-14-17(23)21(18(24)20-14)15-6-4-3-5-13(15)19/h3-9,22H,1-2H3,(H,20,24). The first-order valence-corrected chi connectivity index (χ1v) is 7.71. The second-order valence-corrected chi connectivity index (χ2v) is 5.97. The van der Waals surface area contributed by atoms with E-state index in [9.17, 15) is 14.3 Å². The number of anilines is 1. The Morgan fingerprint density at radius 3 is 2.46 bits per heavy atom. The molecule has 0 saturated carbocycles. The zero-order valence-corrected chi connectivity index (χ0v) is 13.9. The maximum absolute atomic E-state index is 14.0. The van der Waals surface area contributed by atoms with Crippen molar-refractivity contribution in [3.05, 3.63) is 64.6 Å². The number of rotatable bonds is 2. The number of hydrogen-bond donors (Lipinski definition) is 2. The Labute approximate surface area is 144 Å². The van der Waals surface area contributed by atoms with Gasteiger partial charge in [0.1, 0.15) is 17.3 Å². The number of phenols is 1. The van der Waals surface area contributed by atoms with E-state index in [1.54, 1.807) is 44.2 Å². The van der Waals surface area contributed by atoms with Crippen molar-refractivity contribution in [2.75, 3.05) is 4.90 Å². The van der Waals surface area contributed by atoms with Crippen molar-refractivity contribution in [2.24, 2.45) is 0 Å². The number of amides is 1. The van der Waals surface area contributed by atoms with Crippen LogP contribution in [-0.4, -0.2) is 16.1 Å². The van der Waals surface area contributed by atoms with Crippen LogP contribution in [0.15, 0.2) is 42.1 Å². The number of carbonyl (C=O) groups excluding carboxylic acids is 1. The van der Waals surface area contributed by atoms with E-state index in [4.69, 9.17) is 12.2 Å². The molecule has 2 aromatic rings. The maximum Gasteiger partial charge on any atom is 0.281 e. The zero-order chi connectivity index (χ0) is 17.4. The van der Waals surface area contributed by atoms with Crippen LogP contribution in [0.5, 0.6) is 5.75 Å². The highest BCUT2D eigenvalue weighted by atomic mass is 32.1. The van der Waals surface area contributed by atoms with Crippen molar-refractivity contribution >= 4 is 35.0 Å². The first kappa shape index (κ1) is 16.1. The number of halogens is 1. The molecule has 0 unspecified atom stereocenters. The Balaban J connectivity index is 1.99. The summed E-state index contributed by atoms with van der Waals surface area (Å²) in [6.45, 7) is 3.56. The number of nitrogens with one attached hydrogen (secondary N) is 1. The number of aryl methyl sites for hydroxylation is 2. The number of benzene rings is 2. The summed E-state index contributed by atoms with van der Waals surface area (Å²) in [6.07, 6.45) is 1.63. The van der Waals surface area contributed by atoms with E-state index in [1.807, 2.05) is 0 Å². The predicted octanol–water partition coefficient (Wildman–Crippen LogP) is 3.41. The summed E-state index contributed by atoms with van der Waals surface area (Å²) < 4.78 is 14.0. The third-order valence-corrected chi connectivity index (χ3v) is 4.08. The minimum atomic E-state index is -0.521. The van der Waals surface area contributed by atoms with Gasteiger partial charge >= 0.3 is 0 Å². The molecule has 2 aromatic carbocycles. The molecule has 1 aliphatic heterocycles. The Hall–Kier alpha value is -2.73. The van der Waals surface area contributed by atoms with Crippen molar-refractivity contribution in [2.45, 2.75) is 13.8 Å². The highest BCUT2D eigenvalue weighted by Gasteiger charge is 2.33. The van der Waals surface area contributed by atoms with Gasteiger partial charge in [0.25, 0.3) is 5.91 Å². The summed E-state index contributed by atoms with van der Waals surface area (Å²) in [7, 11) is 0. The number of carbonyl (C=O) groups is 1. The molecule has 0 atom stereocenters. The van der Waals surface area contributed by atoms with Crippen LogP contribution >= 0.6 is 12.2 Å². The molecule has 3 rings (SSSR count). The molecule has 1 amide bonds. The quantitative estimate of drug-likeness (QED) is 0.649. The normalized spacial score (nSPS) is 16.0. The number of hydrogen-bond acceptors (Lipinski definition) is 3. The van der Waals surface area contributed by atoms with Gasteiger partial charge in [0.05, 0.1) is 5.69 Å². The van der Waals surface area contributed by atoms with E-state index in [0.29, 0.717) is 11.1 Å². The summed E-state index contributed by atoms with van der Waals surface area (Å²) in [4.78, 5) is 13.7. The largest absolute Gasteiger partial charge is 0.507 e. The molecule has 0 aromatic heterocycles. The lowest BCUT2D eigenvalue weighted by Crippen LogP contribution is -2.31. The summed E-state index contributed by atoms with van der Waals surface area (Å²) in [5.41, 5.74) is 2.53. The summed E-state index contributed by atoms with van der Waals surface area (Å²) in [5, 5.41) is 12.8. The fourth-order valence-electron chi connectivity index (χ4n) is 2.63. The lowest BCUT2D eigenvalue weighted by atomic mass is 10.0. The van der Waals surface area contributed by atoms with E-state index < -0.39 is 11.7 Å². The van der Waals surface area contributed by atoms with Crippen LogP contribution < -0.4 is 10.2 Å². The van der Waals surface area contributed by atoms with Crippen LogP contribution in [-0.2, 0) is 4.79 Å². The molecule has 0 radical (unpaired) electrons. The predicted molar refractivity (Wildman–Crippen MR) is 95.2 cm³/mol. The zero-order valence-electron chi connectivity index (χ0n) is 13.1. The van der Waals surface area contributed by atoms with E-state index in [0.717, 1.165) is 10.5 Å². The topological polar surface area (TPSA) is 52.6 Å². The average molecular weight is 342 g/mol. The number of phenolic OH excluding ortho intramolecular Hbond substituents is 1. The van der Waals surface area contributed by atoms with E-state index in [2.05, 4.69) is 5.32 Å². The van der Waals surface area contributed by atoms with Gasteiger partial charge in [-0.15, -0.1) is 0 Å². The molecule has 1 saturated heterocycles. The number of para-hydroxylation sites is 1. The van der Waals surface area contributed by atoms with Gasteiger partial charge < -0.3 is 10.4 Å². The Morgan fingerprint density at radius 1 is 1.21 bits per heavy atom. The van der Waals surface area contributed by atoms with Gasteiger partial charge in [-0.05, 0) is 73.1 Å². The molecular weight excluding hydrogens is 327 g/mol. The van der Waals surface area contributed by atoms with Crippen LogP contribution in [0, 0.1) is 19.7 Å². The molecule has 24 heavy (non-hydrogen) atoms. The van der Waals surface area contributed by atoms with Crippen molar-refractivity contribution in [1.29, 1.82) is 0 Å². The fraction of sp³-hybridized carbons (Fsp3) is 0.111. The molecule has 1 heterocycles. The molecule has 122 valence electrons. The van der Waals surface area contributed by atoms with Crippen LogP contribution in [0.3, 0.4) is 0 Å². The van der Waals surface area contributed by atoms with Crippen LogP contribution in [0.4, 0.5) is 10.1 Å².